The highest BCUT2D eigenvalue weighted by Crippen LogP contribution is 2.21. The lowest BCUT2D eigenvalue weighted by molar-refractivity contribution is 0.350. The van der Waals surface area contributed by atoms with Crippen molar-refractivity contribution in [3.05, 3.63) is 45.9 Å². The van der Waals surface area contributed by atoms with Crippen LogP contribution in [0, 0.1) is 11.8 Å². The van der Waals surface area contributed by atoms with Gasteiger partial charge in [0.25, 0.3) is 0 Å². The van der Waals surface area contributed by atoms with Crippen molar-refractivity contribution >= 4 is 11.8 Å². The highest BCUT2D eigenvalue weighted by molar-refractivity contribution is 7.98. The number of aromatic nitrogens is 3. The van der Waals surface area contributed by atoms with E-state index in [0.29, 0.717) is 5.16 Å². The standard InChI is InChI=1S/C15H17N3O2S/c1-11(2)18-14(20)16-17-15(18)21-10-13-7-5-12(6-8-13)4-3-9-19/h5-8,11,19H,9-10H2,1-2H3,(H,16,20). The van der Waals surface area contributed by atoms with Crippen molar-refractivity contribution in [2.75, 3.05) is 6.61 Å². The number of aromatic amines is 1. The molecule has 21 heavy (non-hydrogen) atoms. The minimum absolute atomic E-state index is 0.0786. The summed E-state index contributed by atoms with van der Waals surface area (Å²) >= 11 is 1.52. The van der Waals surface area contributed by atoms with Gasteiger partial charge in [0.1, 0.15) is 6.61 Å². The van der Waals surface area contributed by atoms with E-state index in [1.54, 1.807) is 4.57 Å². The van der Waals surface area contributed by atoms with Crippen molar-refractivity contribution in [3.63, 3.8) is 0 Å². The molecule has 0 radical (unpaired) electrons. The molecular weight excluding hydrogens is 286 g/mol. The van der Waals surface area contributed by atoms with Crippen molar-refractivity contribution in [1.82, 2.24) is 14.8 Å². The van der Waals surface area contributed by atoms with E-state index in [1.807, 2.05) is 38.1 Å². The summed E-state index contributed by atoms with van der Waals surface area (Å²) in [6, 6.07) is 7.88. The zero-order valence-corrected chi connectivity index (χ0v) is 12.8. The molecular formula is C15H17N3O2S. The molecule has 0 unspecified atom stereocenters. The monoisotopic (exact) mass is 303 g/mol. The first-order valence-electron chi connectivity index (χ1n) is 6.60. The normalized spacial score (nSPS) is 10.5. The molecule has 1 heterocycles. The van der Waals surface area contributed by atoms with E-state index in [2.05, 4.69) is 22.0 Å². The fourth-order valence-electron chi connectivity index (χ4n) is 1.82. The van der Waals surface area contributed by atoms with Gasteiger partial charge in [-0.2, -0.15) is 0 Å². The summed E-state index contributed by atoms with van der Waals surface area (Å²) in [5.41, 5.74) is 1.82. The van der Waals surface area contributed by atoms with Gasteiger partial charge in [-0.05, 0) is 31.5 Å². The Hall–Kier alpha value is -1.97. The number of aliphatic hydroxyl groups is 1. The van der Waals surface area contributed by atoms with Crippen LogP contribution in [0.2, 0.25) is 0 Å². The van der Waals surface area contributed by atoms with Crippen LogP contribution in [0.1, 0.15) is 31.0 Å². The second-order valence-corrected chi connectivity index (χ2v) is 5.66. The SMILES string of the molecule is CC(C)n1c(SCc2ccc(C#CCO)cc2)n[nH]c1=O. The Morgan fingerprint density at radius 1 is 1.38 bits per heavy atom. The van der Waals surface area contributed by atoms with Crippen molar-refractivity contribution < 1.29 is 5.11 Å². The van der Waals surface area contributed by atoms with Gasteiger partial charge in [-0.3, -0.25) is 4.57 Å². The molecule has 6 heteroatoms. The maximum Gasteiger partial charge on any atom is 0.344 e. The number of hydrogen-bond donors (Lipinski definition) is 2. The Kier molecular flexibility index (Phi) is 5.26. The van der Waals surface area contributed by atoms with E-state index in [9.17, 15) is 4.79 Å². The lowest BCUT2D eigenvalue weighted by Crippen LogP contribution is -2.19. The second-order valence-electron chi connectivity index (χ2n) is 4.72. The van der Waals surface area contributed by atoms with Crippen LogP contribution in [0.3, 0.4) is 0 Å². The number of aliphatic hydroxyl groups excluding tert-OH is 1. The molecule has 0 atom stereocenters. The Labute approximate surface area is 127 Å². The first kappa shape index (κ1) is 15.4. The highest BCUT2D eigenvalue weighted by Gasteiger charge is 2.11. The zero-order valence-electron chi connectivity index (χ0n) is 12.0. The summed E-state index contributed by atoms with van der Waals surface area (Å²) in [7, 11) is 0. The van der Waals surface area contributed by atoms with Crippen LogP contribution in [-0.2, 0) is 5.75 Å². The van der Waals surface area contributed by atoms with Gasteiger partial charge < -0.3 is 5.11 Å². The van der Waals surface area contributed by atoms with E-state index in [1.165, 1.54) is 11.8 Å². The van der Waals surface area contributed by atoms with Gasteiger partial charge in [0.05, 0.1) is 0 Å². The highest BCUT2D eigenvalue weighted by atomic mass is 32.2. The summed E-state index contributed by atoms with van der Waals surface area (Å²) in [6.07, 6.45) is 0. The Morgan fingerprint density at radius 2 is 2.10 bits per heavy atom. The second kappa shape index (κ2) is 7.16. The molecule has 2 aromatic rings. The van der Waals surface area contributed by atoms with Gasteiger partial charge in [0, 0.05) is 17.4 Å². The number of H-pyrrole nitrogens is 1. The number of thioether (sulfide) groups is 1. The lowest BCUT2D eigenvalue weighted by atomic mass is 10.1. The first-order chi connectivity index (χ1) is 10.1. The maximum absolute atomic E-state index is 11.6. The molecule has 0 aliphatic heterocycles. The quantitative estimate of drug-likeness (QED) is 0.667. The van der Waals surface area contributed by atoms with E-state index in [-0.39, 0.29) is 18.3 Å². The van der Waals surface area contributed by atoms with Crippen LogP contribution in [0.15, 0.2) is 34.2 Å². The molecule has 0 bridgehead atoms. The molecule has 2 N–H and O–H groups in total. The van der Waals surface area contributed by atoms with Crippen LogP contribution in [-0.4, -0.2) is 26.5 Å². The van der Waals surface area contributed by atoms with E-state index in [4.69, 9.17) is 5.11 Å². The van der Waals surface area contributed by atoms with Crippen molar-refractivity contribution in [1.29, 1.82) is 0 Å². The van der Waals surface area contributed by atoms with Crippen LogP contribution in [0.5, 0.6) is 0 Å². The molecule has 1 aromatic carbocycles. The lowest BCUT2D eigenvalue weighted by Gasteiger charge is -2.08. The Morgan fingerprint density at radius 3 is 2.71 bits per heavy atom. The zero-order chi connectivity index (χ0) is 15.2. The summed E-state index contributed by atoms with van der Waals surface area (Å²) in [5, 5.41) is 15.9. The van der Waals surface area contributed by atoms with Crippen LogP contribution in [0.4, 0.5) is 0 Å². The molecule has 0 spiro atoms. The maximum atomic E-state index is 11.6. The smallest absolute Gasteiger partial charge is 0.344 e. The average molecular weight is 303 g/mol. The molecule has 5 nitrogen and oxygen atoms in total. The van der Waals surface area contributed by atoms with Crippen molar-refractivity contribution in [2.45, 2.75) is 30.8 Å². The number of rotatable bonds is 4. The number of nitrogens with one attached hydrogen (secondary N) is 1. The molecule has 0 saturated heterocycles. The Bertz CT molecular complexity index is 705. The molecule has 0 fully saturated rings. The Balaban J connectivity index is 2.05. The summed E-state index contributed by atoms with van der Waals surface area (Å²) in [5.74, 6) is 6.19. The molecule has 2 rings (SSSR count). The average Bonchev–Trinajstić information content (AvgIpc) is 2.85. The minimum atomic E-state index is -0.179. The van der Waals surface area contributed by atoms with Crippen LogP contribution in [0.25, 0.3) is 0 Å². The molecule has 0 amide bonds. The van der Waals surface area contributed by atoms with Gasteiger partial charge in [-0.15, -0.1) is 5.10 Å². The largest absolute Gasteiger partial charge is 0.384 e. The fraction of sp³-hybridized carbons (Fsp3) is 0.333. The van der Waals surface area contributed by atoms with E-state index in [0.717, 1.165) is 16.9 Å². The van der Waals surface area contributed by atoms with E-state index < -0.39 is 0 Å². The van der Waals surface area contributed by atoms with Gasteiger partial charge >= 0.3 is 5.69 Å². The van der Waals surface area contributed by atoms with Gasteiger partial charge in [0.2, 0.25) is 0 Å². The van der Waals surface area contributed by atoms with Crippen molar-refractivity contribution in [3.8, 4) is 11.8 Å². The van der Waals surface area contributed by atoms with Gasteiger partial charge in [0.15, 0.2) is 5.16 Å². The summed E-state index contributed by atoms with van der Waals surface area (Å²) < 4.78 is 1.64. The molecule has 0 saturated carbocycles. The van der Waals surface area contributed by atoms with Gasteiger partial charge in [-0.1, -0.05) is 35.7 Å². The molecule has 110 valence electrons. The number of nitrogens with zero attached hydrogens (tertiary/aromatic N) is 2. The first-order valence-corrected chi connectivity index (χ1v) is 7.58. The number of hydrogen-bond acceptors (Lipinski definition) is 4. The fourth-order valence-corrected chi connectivity index (χ4v) is 2.85. The minimum Gasteiger partial charge on any atom is -0.384 e. The predicted molar refractivity (Wildman–Crippen MR) is 83.2 cm³/mol. The summed E-state index contributed by atoms with van der Waals surface area (Å²) in [4.78, 5) is 11.6. The topological polar surface area (TPSA) is 70.9 Å². The third-order valence-corrected chi connectivity index (χ3v) is 3.85. The van der Waals surface area contributed by atoms with Crippen LogP contribution < -0.4 is 5.69 Å². The number of benzene rings is 1. The molecule has 0 aliphatic carbocycles. The third-order valence-electron chi connectivity index (χ3n) is 2.82. The van der Waals surface area contributed by atoms with Crippen molar-refractivity contribution in [2.24, 2.45) is 0 Å². The summed E-state index contributed by atoms with van der Waals surface area (Å²) in [6.45, 7) is 3.77. The molecule has 0 aliphatic rings. The third kappa shape index (κ3) is 4.00. The van der Waals surface area contributed by atoms with Gasteiger partial charge in [-0.25, -0.2) is 9.89 Å². The van der Waals surface area contributed by atoms with Crippen LogP contribution >= 0.6 is 11.8 Å². The molecule has 1 aromatic heterocycles. The van der Waals surface area contributed by atoms with E-state index >= 15 is 0 Å². The predicted octanol–water partition coefficient (Wildman–Crippen LogP) is 1.79.